The van der Waals surface area contributed by atoms with Gasteiger partial charge in [-0.05, 0) is 29.5 Å². The van der Waals surface area contributed by atoms with E-state index < -0.39 is 0 Å². The lowest BCUT2D eigenvalue weighted by atomic mass is 10.0. The first-order chi connectivity index (χ1) is 8.72. The van der Waals surface area contributed by atoms with Crippen LogP contribution in [0.5, 0.6) is 0 Å². The Morgan fingerprint density at radius 3 is 2.63 bits per heavy atom. The van der Waals surface area contributed by atoms with Gasteiger partial charge in [-0.1, -0.05) is 12.1 Å². The number of fused-ring (bicyclic) bond motifs is 1. The lowest BCUT2D eigenvalue weighted by Crippen LogP contribution is -2.32. The van der Waals surface area contributed by atoms with E-state index >= 15 is 0 Å². The highest BCUT2D eigenvalue weighted by atomic mass is 35.5. The smallest absolute Gasteiger partial charge is 0.227 e. The van der Waals surface area contributed by atoms with Gasteiger partial charge in [0.1, 0.15) is 5.82 Å². The van der Waals surface area contributed by atoms with E-state index in [1.54, 1.807) is 12.1 Å². The minimum Gasteiger partial charge on any atom is -0.342 e. The molecule has 3 rings (SSSR count). The quantitative estimate of drug-likeness (QED) is 0.892. The normalized spacial score (nSPS) is 25.0. The number of rotatable bonds is 2. The summed E-state index contributed by atoms with van der Waals surface area (Å²) in [5, 5.41) is 3.35. The molecule has 2 atom stereocenters. The van der Waals surface area contributed by atoms with E-state index in [0.717, 1.165) is 31.7 Å². The molecule has 0 saturated carbocycles. The van der Waals surface area contributed by atoms with Crippen molar-refractivity contribution in [3.63, 3.8) is 0 Å². The number of nitrogens with one attached hydrogen (secondary N) is 1. The van der Waals surface area contributed by atoms with E-state index in [-0.39, 0.29) is 24.1 Å². The topological polar surface area (TPSA) is 32.3 Å². The fourth-order valence-corrected chi connectivity index (χ4v) is 2.99. The van der Waals surface area contributed by atoms with Gasteiger partial charge in [0.05, 0.1) is 6.42 Å². The Morgan fingerprint density at radius 2 is 2.00 bits per heavy atom. The molecule has 0 unspecified atom stereocenters. The van der Waals surface area contributed by atoms with Crippen molar-refractivity contribution in [2.45, 2.75) is 6.42 Å². The Hall–Kier alpha value is -1.13. The fourth-order valence-electron chi connectivity index (χ4n) is 2.99. The predicted molar refractivity (Wildman–Crippen MR) is 73.8 cm³/mol. The van der Waals surface area contributed by atoms with Crippen LogP contribution in [0.3, 0.4) is 0 Å². The van der Waals surface area contributed by atoms with Gasteiger partial charge in [0, 0.05) is 26.2 Å². The summed E-state index contributed by atoms with van der Waals surface area (Å²) in [7, 11) is 0. The van der Waals surface area contributed by atoms with Crippen molar-refractivity contribution in [1.82, 2.24) is 10.2 Å². The lowest BCUT2D eigenvalue weighted by molar-refractivity contribution is -0.129. The molecule has 1 N–H and O–H groups in total. The molecule has 2 aliphatic heterocycles. The molecular formula is C14H18ClFN2O. The standard InChI is InChI=1S/C14H17FN2O.ClH/c15-13-3-1-2-10(4-13)5-14(18)17-8-11-6-16-7-12(11)9-17;/h1-4,11-12,16H,5-9H2;1H/t11-,12+;. The summed E-state index contributed by atoms with van der Waals surface area (Å²) >= 11 is 0. The third-order valence-corrected chi connectivity index (χ3v) is 3.99. The number of hydrogen-bond acceptors (Lipinski definition) is 2. The summed E-state index contributed by atoms with van der Waals surface area (Å²) in [6.45, 7) is 3.75. The molecule has 2 heterocycles. The maximum Gasteiger partial charge on any atom is 0.227 e. The number of nitrogens with zero attached hydrogens (tertiary/aromatic N) is 1. The first kappa shape index (κ1) is 14.3. The van der Waals surface area contributed by atoms with Crippen molar-refractivity contribution in [3.05, 3.63) is 35.6 Å². The molecule has 2 aliphatic rings. The predicted octanol–water partition coefficient (Wildman–Crippen LogP) is 1.47. The van der Waals surface area contributed by atoms with Crippen LogP contribution in [-0.4, -0.2) is 37.0 Å². The summed E-state index contributed by atoms with van der Waals surface area (Å²) in [5.74, 6) is 1.07. The molecule has 19 heavy (non-hydrogen) atoms. The lowest BCUT2D eigenvalue weighted by Gasteiger charge is -2.17. The van der Waals surface area contributed by atoms with Crippen molar-refractivity contribution in [2.24, 2.45) is 11.8 Å². The molecule has 1 amide bonds. The zero-order valence-corrected chi connectivity index (χ0v) is 11.5. The van der Waals surface area contributed by atoms with Crippen LogP contribution in [0.25, 0.3) is 0 Å². The van der Waals surface area contributed by atoms with Crippen molar-refractivity contribution in [1.29, 1.82) is 0 Å². The van der Waals surface area contributed by atoms with Crippen molar-refractivity contribution in [3.8, 4) is 0 Å². The van der Waals surface area contributed by atoms with Gasteiger partial charge in [-0.2, -0.15) is 0 Å². The van der Waals surface area contributed by atoms with E-state index in [4.69, 9.17) is 0 Å². The molecule has 5 heteroatoms. The van der Waals surface area contributed by atoms with Crippen molar-refractivity contribution in [2.75, 3.05) is 26.2 Å². The average Bonchev–Trinajstić information content (AvgIpc) is 2.88. The molecule has 1 aromatic carbocycles. The highest BCUT2D eigenvalue weighted by Gasteiger charge is 2.37. The molecule has 0 radical (unpaired) electrons. The van der Waals surface area contributed by atoms with Gasteiger partial charge in [-0.3, -0.25) is 4.79 Å². The molecule has 0 aromatic heterocycles. The van der Waals surface area contributed by atoms with Gasteiger partial charge in [-0.25, -0.2) is 4.39 Å². The molecule has 0 spiro atoms. The van der Waals surface area contributed by atoms with Gasteiger partial charge < -0.3 is 10.2 Å². The van der Waals surface area contributed by atoms with Gasteiger partial charge in [0.15, 0.2) is 0 Å². The van der Waals surface area contributed by atoms with Crippen LogP contribution < -0.4 is 5.32 Å². The number of amides is 1. The maximum atomic E-state index is 13.0. The summed E-state index contributed by atoms with van der Waals surface area (Å²) in [6.07, 6.45) is 0.310. The Kier molecular flexibility index (Phi) is 4.42. The Bertz CT molecular complexity index is 457. The van der Waals surface area contributed by atoms with Gasteiger partial charge in [0.25, 0.3) is 0 Å². The highest BCUT2D eigenvalue weighted by molar-refractivity contribution is 5.85. The molecule has 0 bridgehead atoms. The van der Waals surface area contributed by atoms with Gasteiger partial charge >= 0.3 is 0 Å². The zero-order valence-electron chi connectivity index (χ0n) is 10.6. The molecule has 2 saturated heterocycles. The SMILES string of the molecule is Cl.O=C(Cc1cccc(F)c1)N1C[C@H]2CNC[C@H]2C1. The minimum absolute atomic E-state index is 0. The number of benzene rings is 1. The number of hydrogen-bond donors (Lipinski definition) is 1. The van der Waals surface area contributed by atoms with Crippen molar-refractivity contribution >= 4 is 18.3 Å². The van der Waals surface area contributed by atoms with Crippen LogP contribution in [0.2, 0.25) is 0 Å². The molecule has 0 aliphatic carbocycles. The first-order valence-electron chi connectivity index (χ1n) is 6.45. The average molecular weight is 285 g/mol. The molecule has 3 nitrogen and oxygen atoms in total. The van der Waals surface area contributed by atoms with Crippen LogP contribution in [0.4, 0.5) is 4.39 Å². The Morgan fingerprint density at radius 1 is 1.32 bits per heavy atom. The van der Waals surface area contributed by atoms with Crippen LogP contribution in [0.15, 0.2) is 24.3 Å². The fraction of sp³-hybridized carbons (Fsp3) is 0.500. The molecule has 1 aromatic rings. The number of halogens is 2. The Labute approximate surface area is 118 Å². The van der Waals surface area contributed by atoms with Crippen LogP contribution in [0.1, 0.15) is 5.56 Å². The molecule has 2 fully saturated rings. The van der Waals surface area contributed by atoms with Gasteiger partial charge in [0.2, 0.25) is 5.91 Å². The first-order valence-corrected chi connectivity index (χ1v) is 6.45. The molecule has 104 valence electrons. The zero-order chi connectivity index (χ0) is 12.5. The van der Waals surface area contributed by atoms with Crippen LogP contribution in [-0.2, 0) is 11.2 Å². The number of carbonyl (C=O) groups is 1. The number of likely N-dealkylation sites (tertiary alicyclic amines) is 1. The largest absolute Gasteiger partial charge is 0.342 e. The summed E-state index contributed by atoms with van der Waals surface area (Å²) in [6, 6.07) is 6.30. The second kappa shape index (κ2) is 5.88. The second-order valence-electron chi connectivity index (χ2n) is 5.28. The third-order valence-electron chi connectivity index (χ3n) is 3.99. The van der Waals surface area contributed by atoms with E-state index in [1.807, 2.05) is 4.90 Å². The summed E-state index contributed by atoms with van der Waals surface area (Å²) in [4.78, 5) is 14.1. The Balaban J connectivity index is 0.00000133. The van der Waals surface area contributed by atoms with Crippen LogP contribution in [0, 0.1) is 17.7 Å². The minimum atomic E-state index is -0.275. The second-order valence-corrected chi connectivity index (χ2v) is 5.28. The van der Waals surface area contributed by atoms with Crippen molar-refractivity contribution < 1.29 is 9.18 Å². The summed E-state index contributed by atoms with van der Waals surface area (Å²) < 4.78 is 13.0. The third kappa shape index (κ3) is 3.07. The van der Waals surface area contributed by atoms with E-state index in [0.29, 0.717) is 18.3 Å². The number of carbonyl (C=O) groups excluding carboxylic acids is 1. The highest BCUT2D eigenvalue weighted by Crippen LogP contribution is 2.26. The van der Waals surface area contributed by atoms with Crippen LogP contribution >= 0.6 is 12.4 Å². The monoisotopic (exact) mass is 284 g/mol. The van der Waals surface area contributed by atoms with E-state index in [9.17, 15) is 9.18 Å². The van der Waals surface area contributed by atoms with E-state index in [2.05, 4.69) is 5.32 Å². The summed E-state index contributed by atoms with van der Waals surface area (Å²) in [5.41, 5.74) is 0.759. The van der Waals surface area contributed by atoms with Gasteiger partial charge in [-0.15, -0.1) is 12.4 Å². The molecular weight excluding hydrogens is 267 g/mol. The maximum absolute atomic E-state index is 13.0. The van der Waals surface area contributed by atoms with E-state index in [1.165, 1.54) is 12.1 Å².